The van der Waals surface area contributed by atoms with E-state index in [-0.39, 0.29) is 0 Å². The monoisotopic (exact) mass is 377 g/mol. The second kappa shape index (κ2) is 8.68. The van der Waals surface area contributed by atoms with Gasteiger partial charge in [-0.15, -0.1) is 0 Å². The summed E-state index contributed by atoms with van der Waals surface area (Å²) in [6.45, 7) is 0. The standard InChI is InChI=1S/C21H19N3O4/c1-28-18-13-15(7-9-17(18)24-12-11-22-14-24)8-10-19(25)23-20(21(26)27)16-5-3-2-4-6-16/h2-14,20H,1H3,(H,23,25)(H,26,27)/b10-8+/t20-/m0/s1. The molecule has 3 aromatic rings. The zero-order chi connectivity index (χ0) is 19.9. The molecule has 1 heterocycles. The van der Waals surface area contributed by atoms with Gasteiger partial charge in [-0.25, -0.2) is 9.78 Å². The molecular formula is C21H19N3O4. The number of amides is 1. The predicted molar refractivity (Wildman–Crippen MR) is 104 cm³/mol. The lowest BCUT2D eigenvalue weighted by Gasteiger charge is -2.13. The number of imidazole rings is 1. The number of carbonyl (C=O) groups is 2. The van der Waals surface area contributed by atoms with Crippen molar-refractivity contribution in [1.82, 2.24) is 14.9 Å². The molecule has 142 valence electrons. The fraction of sp³-hybridized carbons (Fsp3) is 0.0952. The number of aromatic nitrogens is 2. The molecular weight excluding hydrogens is 358 g/mol. The third-order valence-corrected chi connectivity index (χ3v) is 4.08. The summed E-state index contributed by atoms with van der Waals surface area (Å²) in [6, 6.07) is 12.9. The number of aliphatic carboxylic acids is 1. The average Bonchev–Trinajstić information content (AvgIpc) is 3.25. The van der Waals surface area contributed by atoms with Gasteiger partial charge in [0.25, 0.3) is 0 Å². The normalized spacial score (nSPS) is 11.9. The van der Waals surface area contributed by atoms with Gasteiger partial charge in [0.15, 0.2) is 6.04 Å². The molecule has 1 amide bonds. The molecule has 0 fully saturated rings. The van der Waals surface area contributed by atoms with Crippen molar-refractivity contribution in [2.24, 2.45) is 0 Å². The highest BCUT2D eigenvalue weighted by Gasteiger charge is 2.20. The first-order chi connectivity index (χ1) is 13.6. The van der Waals surface area contributed by atoms with Gasteiger partial charge in [0.2, 0.25) is 5.91 Å². The van der Waals surface area contributed by atoms with Gasteiger partial charge in [0.05, 0.1) is 19.1 Å². The summed E-state index contributed by atoms with van der Waals surface area (Å²) in [7, 11) is 1.56. The summed E-state index contributed by atoms with van der Waals surface area (Å²) in [5.74, 6) is -1.01. The molecule has 1 aromatic heterocycles. The fourth-order valence-electron chi connectivity index (χ4n) is 2.71. The summed E-state index contributed by atoms with van der Waals surface area (Å²) in [5, 5.41) is 11.9. The molecule has 0 aliphatic rings. The highest BCUT2D eigenvalue weighted by atomic mass is 16.5. The lowest BCUT2D eigenvalue weighted by atomic mass is 10.1. The number of carboxylic acids is 1. The Balaban J connectivity index is 1.74. The van der Waals surface area contributed by atoms with Crippen molar-refractivity contribution in [2.45, 2.75) is 6.04 Å². The molecule has 1 atom stereocenters. The van der Waals surface area contributed by atoms with E-state index in [2.05, 4.69) is 10.3 Å². The highest BCUT2D eigenvalue weighted by molar-refractivity contribution is 5.94. The van der Waals surface area contributed by atoms with Crippen LogP contribution in [0.2, 0.25) is 0 Å². The van der Waals surface area contributed by atoms with Gasteiger partial charge < -0.3 is 19.7 Å². The van der Waals surface area contributed by atoms with Crippen molar-refractivity contribution in [2.75, 3.05) is 7.11 Å². The van der Waals surface area contributed by atoms with Gasteiger partial charge in [-0.3, -0.25) is 4.79 Å². The van der Waals surface area contributed by atoms with Crippen LogP contribution in [-0.4, -0.2) is 33.6 Å². The van der Waals surface area contributed by atoms with Gasteiger partial charge >= 0.3 is 5.97 Å². The van der Waals surface area contributed by atoms with Crippen molar-refractivity contribution < 1.29 is 19.4 Å². The number of hydrogen-bond acceptors (Lipinski definition) is 4. The molecule has 0 spiro atoms. The van der Waals surface area contributed by atoms with E-state index >= 15 is 0 Å². The molecule has 3 rings (SSSR count). The maximum atomic E-state index is 12.2. The van der Waals surface area contributed by atoms with Crippen molar-refractivity contribution in [3.05, 3.63) is 84.5 Å². The van der Waals surface area contributed by atoms with Crippen LogP contribution < -0.4 is 10.1 Å². The zero-order valence-corrected chi connectivity index (χ0v) is 15.1. The van der Waals surface area contributed by atoms with E-state index in [4.69, 9.17) is 4.74 Å². The summed E-state index contributed by atoms with van der Waals surface area (Å²) >= 11 is 0. The third-order valence-electron chi connectivity index (χ3n) is 4.08. The molecule has 2 N–H and O–H groups in total. The molecule has 2 aromatic carbocycles. The van der Waals surface area contributed by atoms with Crippen molar-refractivity contribution >= 4 is 18.0 Å². The molecule has 0 bridgehead atoms. The Labute approximate surface area is 161 Å². The van der Waals surface area contributed by atoms with Crippen LogP contribution >= 0.6 is 0 Å². The van der Waals surface area contributed by atoms with Crippen LogP contribution in [0.25, 0.3) is 11.8 Å². The van der Waals surface area contributed by atoms with Gasteiger partial charge in [0.1, 0.15) is 5.75 Å². The summed E-state index contributed by atoms with van der Waals surface area (Å²) in [5.41, 5.74) is 2.06. The largest absolute Gasteiger partial charge is 0.495 e. The molecule has 0 saturated heterocycles. The topological polar surface area (TPSA) is 93.5 Å². The van der Waals surface area contributed by atoms with Crippen LogP contribution in [0.3, 0.4) is 0 Å². The van der Waals surface area contributed by atoms with Crippen LogP contribution in [0, 0.1) is 0 Å². The predicted octanol–water partition coefficient (Wildman–Crippen LogP) is 2.84. The van der Waals surface area contributed by atoms with E-state index in [0.717, 1.165) is 11.3 Å². The third kappa shape index (κ3) is 4.45. The number of benzene rings is 2. The fourth-order valence-corrected chi connectivity index (χ4v) is 2.71. The minimum Gasteiger partial charge on any atom is -0.495 e. The Bertz CT molecular complexity index is 982. The van der Waals surface area contributed by atoms with Gasteiger partial charge in [0, 0.05) is 18.5 Å². The minimum atomic E-state index is -1.13. The van der Waals surface area contributed by atoms with Gasteiger partial charge in [-0.1, -0.05) is 36.4 Å². The quantitative estimate of drug-likeness (QED) is 0.618. The highest BCUT2D eigenvalue weighted by Crippen LogP contribution is 2.24. The van der Waals surface area contributed by atoms with E-state index in [1.165, 1.54) is 6.08 Å². The summed E-state index contributed by atoms with van der Waals surface area (Å²) < 4.78 is 7.23. The SMILES string of the molecule is COc1cc(/C=C/C(=O)N[C@H](C(=O)O)c2ccccc2)ccc1-n1ccnc1. The zero-order valence-electron chi connectivity index (χ0n) is 15.1. The molecule has 0 unspecified atom stereocenters. The Morgan fingerprint density at radius 3 is 2.64 bits per heavy atom. The number of carbonyl (C=O) groups excluding carboxylic acids is 1. The minimum absolute atomic E-state index is 0.503. The molecule has 0 saturated carbocycles. The van der Waals surface area contributed by atoms with Crippen LogP contribution in [0.1, 0.15) is 17.2 Å². The van der Waals surface area contributed by atoms with E-state index in [1.807, 2.05) is 16.7 Å². The van der Waals surface area contributed by atoms with Crippen LogP contribution in [0.15, 0.2) is 73.3 Å². The maximum absolute atomic E-state index is 12.2. The molecule has 0 aliphatic heterocycles. The first kappa shape index (κ1) is 18.9. The lowest BCUT2D eigenvalue weighted by Crippen LogP contribution is -2.32. The van der Waals surface area contributed by atoms with Crippen LogP contribution in [0.4, 0.5) is 0 Å². The van der Waals surface area contributed by atoms with Gasteiger partial charge in [-0.2, -0.15) is 0 Å². The maximum Gasteiger partial charge on any atom is 0.330 e. The first-order valence-corrected chi connectivity index (χ1v) is 8.51. The number of ether oxygens (including phenoxy) is 1. The Hall–Kier alpha value is -3.87. The van der Waals surface area contributed by atoms with Crippen molar-refractivity contribution in [3.63, 3.8) is 0 Å². The number of nitrogens with one attached hydrogen (secondary N) is 1. The van der Waals surface area contributed by atoms with Crippen molar-refractivity contribution in [3.8, 4) is 11.4 Å². The van der Waals surface area contributed by atoms with Crippen LogP contribution in [-0.2, 0) is 9.59 Å². The number of hydrogen-bond donors (Lipinski definition) is 2. The number of nitrogens with zero attached hydrogens (tertiary/aromatic N) is 2. The number of rotatable bonds is 7. The molecule has 0 aliphatic carbocycles. The second-order valence-corrected chi connectivity index (χ2v) is 5.93. The van der Waals surface area contributed by atoms with Gasteiger partial charge in [-0.05, 0) is 29.3 Å². The smallest absolute Gasteiger partial charge is 0.330 e. The van der Waals surface area contributed by atoms with E-state index in [9.17, 15) is 14.7 Å². The Morgan fingerprint density at radius 1 is 1.21 bits per heavy atom. The Kier molecular flexibility index (Phi) is 5.86. The van der Waals surface area contributed by atoms with E-state index in [0.29, 0.717) is 11.3 Å². The van der Waals surface area contributed by atoms with Crippen molar-refractivity contribution in [1.29, 1.82) is 0 Å². The van der Waals surface area contributed by atoms with Crippen LogP contribution in [0.5, 0.6) is 5.75 Å². The average molecular weight is 377 g/mol. The lowest BCUT2D eigenvalue weighted by molar-refractivity contribution is -0.141. The number of carboxylic acid groups (broad SMARTS) is 1. The molecule has 7 nitrogen and oxygen atoms in total. The summed E-state index contributed by atoms with van der Waals surface area (Å²) in [6.07, 6.45) is 8.03. The molecule has 7 heteroatoms. The second-order valence-electron chi connectivity index (χ2n) is 5.93. The molecule has 0 radical (unpaired) electrons. The number of methoxy groups -OCH3 is 1. The first-order valence-electron chi connectivity index (χ1n) is 8.51. The van der Waals surface area contributed by atoms with E-state index in [1.54, 1.807) is 68.3 Å². The van der Waals surface area contributed by atoms with E-state index < -0.39 is 17.9 Å². The summed E-state index contributed by atoms with van der Waals surface area (Å²) in [4.78, 5) is 27.7. The molecule has 28 heavy (non-hydrogen) atoms. The Morgan fingerprint density at radius 2 is 2.00 bits per heavy atom.